The average molecular weight is 336 g/mol. The summed E-state index contributed by atoms with van der Waals surface area (Å²) in [5, 5.41) is 0.0372. The molecule has 0 N–H and O–H groups in total. The Morgan fingerprint density at radius 3 is 2.53 bits per heavy atom. The van der Waals surface area contributed by atoms with Crippen molar-refractivity contribution in [2.75, 3.05) is 12.4 Å². The van der Waals surface area contributed by atoms with E-state index in [9.17, 15) is 9.59 Å². The average Bonchev–Trinajstić information content (AvgIpc) is 2.26. The van der Waals surface area contributed by atoms with Gasteiger partial charge in [0.15, 0.2) is 0 Å². The molecule has 0 heterocycles. The van der Waals surface area contributed by atoms with E-state index in [2.05, 4.69) is 31.9 Å². The number of carbonyl (C=O) groups excluding carboxylic acids is 2. The van der Waals surface area contributed by atoms with E-state index < -0.39 is 11.6 Å². The van der Waals surface area contributed by atoms with Crippen LogP contribution in [0.2, 0.25) is 0 Å². The number of ether oxygens (including phenoxy) is 1. The van der Waals surface area contributed by atoms with Gasteiger partial charge >= 0.3 is 0 Å². The summed E-state index contributed by atoms with van der Waals surface area (Å²) in [7, 11) is 1.53. The van der Waals surface area contributed by atoms with E-state index >= 15 is 0 Å². The number of ketones is 2. The summed E-state index contributed by atoms with van der Waals surface area (Å²) in [5.74, 6) is -0.347. The Hall–Kier alpha value is -0.680. The van der Waals surface area contributed by atoms with Crippen LogP contribution in [0.5, 0.6) is 5.75 Å². The van der Waals surface area contributed by atoms with Gasteiger partial charge in [-0.25, -0.2) is 0 Å². The minimum Gasteiger partial charge on any atom is -0.496 e. The molecule has 0 aliphatic rings. The van der Waals surface area contributed by atoms with Crippen molar-refractivity contribution in [3.63, 3.8) is 0 Å². The lowest BCUT2D eigenvalue weighted by atomic mass is 10.1. The number of methoxy groups -OCH3 is 1. The number of Topliss-reactive ketones (excluding diaryl/α,β-unsaturated/α-hetero) is 2. The van der Waals surface area contributed by atoms with E-state index in [-0.39, 0.29) is 5.33 Å². The number of alkyl halides is 1. The molecule has 0 aliphatic heterocycles. The lowest BCUT2D eigenvalue weighted by molar-refractivity contribution is -0.112. The van der Waals surface area contributed by atoms with Gasteiger partial charge in [0.25, 0.3) is 0 Å². The standard InChI is InChI=1S/C10H8Br2O3/c1-15-9-3-2-6(4-7(9)12)10(14)8(13)5-11/h2-4H,5H2,1H3. The summed E-state index contributed by atoms with van der Waals surface area (Å²) >= 11 is 6.20. The highest BCUT2D eigenvalue weighted by Gasteiger charge is 2.15. The van der Waals surface area contributed by atoms with Gasteiger partial charge < -0.3 is 4.74 Å². The van der Waals surface area contributed by atoms with Gasteiger partial charge in [-0.1, -0.05) is 15.9 Å². The predicted octanol–water partition coefficient (Wildman–Crippen LogP) is 2.60. The van der Waals surface area contributed by atoms with Crippen LogP contribution < -0.4 is 4.74 Å². The van der Waals surface area contributed by atoms with Gasteiger partial charge in [0.2, 0.25) is 11.6 Å². The van der Waals surface area contributed by atoms with Crippen LogP contribution >= 0.6 is 31.9 Å². The number of benzene rings is 1. The fraction of sp³-hybridized carbons (Fsp3) is 0.200. The number of rotatable bonds is 4. The van der Waals surface area contributed by atoms with Crippen LogP contribution in [0.4, 0.5) is 0 Å². The van der Waals surface area contributed by atoms with Crippen molar-refractivity contribution in [2.24, 2.45) is 0 Å². The molecule has 0 spiro atoms. The predicted molar refractivity (Wildman–Crippen MR) is 63.8 cm³/mol. The summed E-state index contributed by atoms with van der Waals surface area (Å²) in [6.45, 7) is 0. The zero-order valence-corrected chi connectivity index (χ0v) is 11.1. The molecule has 0 unspecified atom stereocenters. The molecular formula is C10H8Br2O3. The zero-order valence-electron chi connectivity index (χ0n) is 7.92. The molecule has 0 bridgehead atoms. The Labute approximate surface area is 104 Å². The van der Waals surface area contributed by atoms with E-state index in [1.807, 2.05) is 0 Å². The largest absolute Gasteiger partial charge is 0.496 e. The Morgan fingerprint density at radius 1 is 1.40 bits per heavy atom. The molecule has 3 nitrogen and oxygen atoms in total. The number of halogens is 2. The first kappa shape index (κ1) is 12.4. The van der Waals surface area contributed by atoms with Crippen molar-refractivity contribution < 1.29 is 14.3 Å². The topological polar surface area (TPSA) is 43.4 Å². The van der Waals surface area contributed by atoms with Crippen molar-refractivity contribution in [1.29, 1.82) is 0 Å². The number of hydrogen-bond donors (Lipinski definition) is 0. The van der Waals surface area contributed by atoms with E-state index in [1.165, 1.54) is 7.11 Å². The van der Waals surface area contributed by atoms with Crippen molar-refractivity contribution in [1.82, 2.24) is 0 Å². The summed E-state index contributed by atoms with van der Waals surface area (Å²) in [4.78, 5) is 22.6. The van der Waals surface area contributed by atoms with E-state index in [0.29, 0.717) is 15.8 Å². The van der Waals surface area contributed by atoms with Crippen molar-refractivity contribution in [2.45, 2.75) is 0 Å². The van der Waals surface area contributed by atoms with E-state index in [0.717, 1.165) is 0 Å². The molecule has 15 heavy (non-hydrogen) atoms. The fourth-order valence-electron chi connectivity index (χ4n) is 1.03. The fourth-order valence-corrected chi connectivity index (χ4v) is 1.82. The van der Waals surface area contributed by atoms with Crippen LogP contribution in [0.15, 0.2) is 22.7 Å². The van der Waals surface area contributed by atoms with Crippen molar-refractivity contribution in [3.05, 3.63) is 28.2 Å². The number of hydrogen-bond acceptors (Lipinski definition) is 3. The summed E-state index contributed by atoms with van der Waals surface area (Å²) in [6.07, 6.45) is 0. The maximum Gasteiger partial charge on any atom is 0.229 e. The van der Waals surface area contributed by atoms with Crippen LogP contribution in [0.1, 0.15) is 10.4 Å². The van der Waals surface area contributed by atoms with Crippen LogP contribution in [0.3, 0.4) is 0 Å². The highest BCUT2D eigenvalue weighted by molar-refractivity contribution is 9.10. The second kappa shape index (κ2) is 5.42. The van der Waals surface area contributed by atoms with Crippen LogP contribution in [-0.2, 0) is 4.79 Å². The normalized spacial score (nSPS) is 9.80. The maximum absolute atomic E-state index is 11.5. The van der Waals surface area contributed by atoms with Gasteiger partial charge in [-0.2, -0.15) is 0 Å². The molecule has 0 saturated heterocycles. The van der Waals surface area contributed by atoms with Gasteiger partial charge in [-0.05, 0) is 34.1 Å². The van der Waals surface area contributed by atoms with Crippen LogP contribution in [0, 0.1) is 0 Å². The molecule has 0 radical (unpaired) electrons. The van der Waals surface area contributed by atoms with Crippen LogP contribution in [0.25, 0.3) is 0 Å². The highest BCUT2D eigenvalue weighted by Crippen LogP contribution is 2.25. The Balaban J connectivity index is 3.02. The van der Waals surface area contributed by atoms with Gasteiger partial charge in [-0.15, -0.1) is 0 Å². The molecule has 0 aliphatic carbocycles. The van der Waals surface area contributed by atoms with Gasteiger partial charge in [0.05, 0.1) is 16.9 Å². The Bertz CT molecular complexity index is 402. The smallest absolute Gasteiger partial charge is 0.229 e. The van der Waals surface area contributed by atoms with Crippen LogP contribution in [-0.4, -0.2) is 24.0 Å². The first-order valence-electron chi connectivity index (χ1n) is 4.07. The van der Waals surface area contributed by atoms with Crippen molar-refractivity contribution in [3.8, 4) is 5.75 Å². The molecule has 0 saturated carbocycles. The van der Waals surface area contributed by atoms with Gasteiger partial charge in [-0.3, -0.25) is 9.59 Å². The minimum absolute atomic E-state index is 0.0372. The third-order valence-electron chi connectivity index (χ3n) is 1.79. The SMILES string of the molecule is COc1ccc(C(=O)C(=O)CBr)cc1Br. The van der Waals surface area contributed by atoms with Gasteiger partial charge in [0, 0.05) is 5.56 Å². The second-order valence-corrected chi connectivity index (χ2v) is 4.15. The molecule has 1 aromatic carbocycles. The lowest BCUT2D eigenvalue weighted by Crippen LogP contribution is -2.15. The summed E-state index contributed by atoms with van der Waals surface area (Å²) in [6, 6.07) is 4.77. The Kier molecular flexibility index (Phi) is 4.47. The molecule has 80 valence electrons. The molecule has 1 rings (SSSR count). The molecule has 1 aromatic rings. The van der Waals surface area contributed by atoms with Crippen molar-refractivity contribution >= 4 is 43.4 Å². The lowest BCUT2D eigenvalue weighted by Gasteiger charge is -2.04. The first-order valence-corrected chi connectivity index (χ1v) is 5.98. The molecule has 0 atom stereocenters. The third-order valence-corrected chi connectivity index (χ3v) is 2.92. The van der Waals surface area contributed by atoms with E-state index in [4.69, 9.17) is 4.74 Å². The molecular weight excluding hydrogens is 328 g/mol. The second-order valence-electron chi connectivity index (χ2n) is 2.74. The minimum atomic E-state index is -0.504. The van der Waals surface area contributed by atoms with Gasteiger partial charge in [0.1, 0.15) is 5.75 Å². The maximum atomic E-state index is 11.5. The molecule has 0 aromatic heterocycles. The van der Waals surface area contributed by atoms with E-state index in [1.54, 1.807) is 18.2 Å². The summed E-state index contributed by atoms with van der Waals surface area (Å²) in [5.41, 5.74) is 0.354. The monoisotopic (exact) mass is 334 g/mol. The Morgan fingerprint density at radius 2 is 2.07 bits per heavy atom. The first-order chi connectivity index (χ1) is 7.10. The highest BCUT2D eigenvalue weighted by atomic mass is 79.9. The molecule has 0 fully saturated rings. The molecule has 5 heteroatoms. The summed E-state index contributed by atoms with van der Waals surface area (Å²) < 4.78 is 5.67. The number of carbonyl (C=O) groups is 2. The molecule has 0 amide bonds. The third kappa shape index (κ3) is 2.89. The quantitative estimate of drug-likeness (QED) is 0.482. The zero-order chi connectivity index (χ0) is 11.4.